The zero-order valence-electron chi connectivity index (χ0n) is 13.7. The predicted octanol–water partition coefficient (Wildman–Crippen LogP) is 3.32. The number of aryl methyl sites for hydroxylation is 1. The Morgan fingerprint density at radius 1 is 1.33 bits per heavy atom. The topological polar surface area (TPSA) is 61.3 Å². The summed E-state index contributed by atoms with van der Waals surface area (Å²) in [6.45, 7) is 3.21. The Kier molecular flexibility index (Phi) is 4.33. The van der Waals surface area contributed by atoms with Crippen LogP contribution >= 0.6 is 11.3 Å². The van der Waals surface area contributed by atoms with Gasteiger partial charge in [0.25, 0.3) is 0 Å². The number of pyridine rings is 1. The van der Waals surface area contributed by atoms with Crippen LogP contribution < -0.4 is 4.74 Å². The zero-order valence-corrected chi connectivity index (χ0v) is 14.5. The van der Waals surface area contributed by atoms with Crippen molar-refractivity contribution >= 4 is 17.1 Å². The maximum atomic E-state index is 12.6. The highest BCUT2D eigenvalue weighted by atomic mass is 32.1. The van der Waals surface area contributed by atoms with Crippen LogP contribution in [0.15, 0.2) is 17.5 Å². The monoisotopic (exact) mass is 344 g/mol. The smallest absolute Gasteiger partial charge is 0.188 e. The van der Waals surface area contributed by atoms with Gasteiger partial charge in [0.15, 0.2) is 5.78 Å². The molecule has 5 nitrogen and oxygen atoms in total. The summed E-state index contributed by atoms with van der Waals surface area (Å²) in [5.41, 5.74) is 2.38. The summed E-state index contributed by atoms with van der Waals surface area (Å²) >= 11 is 1.57. The van der Waals surface area contributed by atoms with Crippen LogP contribution in [-0.4, -0.2) is 35.1 Å². The van der Waals surface area contributed by atoms with Crippen LogP contribution in [0.5, 0.6) is 5.75 Å². The number of rotatable bonds is 6. The highest BCUT2D eigenvalue weighted by molar-refractivity contribution is 7.09. The number of nitrogens with zero attached hydrogens (tertiary/aromatic N) is 2. The van der Waals surface area contributed by atoms with Gasteiger partial charge in [0.1, 0.15) is 22.6 Å². The molecule has 3 heterocycles. The lowest BCUT2D eigenvalue weighted by Crippen LogP contribution is -2.16. The number of carbonyl (C=O) groups is 1. The molecule has 0 unspecified atom stereocenters. The van der Waals surface area contributed by atoms with Crippen LogP contribution in [0.1, 0.15) is 52.1 Å². The maximum Gasteiger partial charge on any atom is 0.188 e. The third-order valence-electron chi connectivity index (χ3n) is 4.28. The molecule has 126 valence electrons. The second-order valence-corrected chi connectivity index (χ2v) is 7.42. The van der Waals surface area contributed by atoms with Crippen LogP contribution in [-0.2, 0) is 11.2 Å². The van der Waals surface area contributed by atoms with E-state index in [1.54, 1.807) is 17.4 Å². The first kappa shape index (κ1) is 15.7. The van der Waals surface area contributed by atoms with E-state index < -0.39 is 0 Å². The summed E-state index contributed by atoms with van der Waals surface area (Å²) in [5.74, 6) is 1.30. The Morgan fingerprint density at radius 3 is 2.96 bits per heavy atom. The summed E-state index contributed by atoms with van der Waals surface area (Å²) in [6.07, 6.45) is 3.70. The number of ketones is 1. The van der Waals surface area contributed by atoms with Gasteiger partial charge in [-0.05, 0) is 19.8 Å². The van der Waals surface area contributed by atoms with Gasteiger partial charge in [-0.15, -0.1) is 11.3 Å². The molecule has 0 aromatic carbocycles. The van der Waals surface area contributed by atoms with E-state index in [9.17, 15) is 4.79 Å². The third kappa shape index (κ3) is 3.65. The van der Waals surface area contributed by atoms with E-state index >= 15 is 0 Å². The average Bonchev–Trinajstić information content (AvgIpc) is 3.08. The van der Waals surface area contributed by atoms with Crippen molar-refractivity contribution < 1.29 is 14.3 Å². The number of ether oxygens (including phenoxy) is 2. The number of aromatic nitrogens is 2. The summed E-state index contributed by atoms with van der Waals surface area (Å²) in [4.78, 5) is 21.5. The minimum atomic E-state index is -0.0112. The van der Waals surface area contributed by atoms with E-state index in [1.807, 2.05) is 13.0 Å². The largest absolute Gasteiger partial charge is 0.488 e. The lowest BCUT2D eigenvalue weighted by molar-refractivity contribution is 0.0986. The molecule has 0 spiro atoms. The lowest BCUT2D eigenvalue weighted by Gasteiger charge is -2.13. The van der Waals surface area contributed by atoms with Crippen molar-refractivity contribution in [2.24, 2.45) is 0 Å². The van der Waals surface area contributed by atoms with Crippen LogP contribution in [0.2, 0.25) is 0 Å². The van der Waals surface area contributed by atoms with Gasteiger partial charge in [-0.2, -0.15) is 0 Å². The molecule has 1 aliphatic heterocycles. The van der Waals surface area contributed by atoms with Crippen molar-refractivity contribution in [2.45, 2.75) is 44.6 Å². The molecule has 1 atom stereocenters. The van der Waals surface area contributed by atoms with Gasteiger partial charge in [0, 0.05) is 35.5 Å². The molecule has 1 saturated carbocycles. The van der Waals surface area contributed by atoms with Gasteiger partial charge in [-0.1, -0.05) is 0 Å². The molecule has 6 heteroatoms. The van der Waals surface area contributed by atoms with E-state index in [-0.39, 0.29) is 11.9 Å². The highest BCUT2D eigenvalue weighted by Crippen LogP contribution is 2.40. The molecular formula is C18H20N2O3S. The summed E-state index contributed by atoms with van der Waals surface area (Å²) in [5, 5.41) is 2.95. The standard InChI is InChI=1S/C18H20N2O3S/c1-11-6-14(23-13-4-5-22-9-13)7-15(19-11)17(21)8-18-20-16(10-24-18)12-2-3-12/h6-7,10,12-13H,2-5,8-9H2,1H3/t13-/m1/s1. The molecule has 4 rings (SSSR count). The number of carbonyl (C=O) groups excluding carboxylic acids is 1. The van der Waals surface area contributed by atoms with Crippen LogP contribution in [0.4, 0.5) is 0 Å². The van der Waals surface area contributed by atoms with Crippen molar-refractivity contribution in [3.63, 3.8) is 0 Å². The van der Waals surface area contributed by atoms with Gasteiger partial charge in [-0.25, -0.2) is 9.97 Å². The van der Waals surface area contributed by atoms with Gasteiger partial charge < -0.3 is 9.47 Å². The highest BCUT2D eigenvalue weighted by Gasteiger charge is 2.26. The van der Waals surface area contributed by atoms with Crippen LogP contribution in [0, 0.1) is 6.92 Å². The van der Waals surface area contributed by atoms with Gasteiger partial charge in [0.2, 0.25) is 0 Å². The Morgan fingerprint density at radius 2 is 2.21 bits per heavy atom. The minimum absolute atomic E-state index is 0.0112. The normalized spacial score (nSPS) is 20.3. The van der Waals surface area contributed by atoms with Gasteiger partial charge >= 0.3 is 0 Å². The molecule has 2 aromatic heterocycles. The molecule has 0 amide bonds. The number of hydrogen-bond acceptors (Lipinski definition) is 6. The van der Waals surface area contributed by atoms with Gasteiger partial charge in [0.05, 0.1) is 25.3 Å². The van der Waals surface area contributed by atoms with Crippen molar-refractivity contribution in [1.82, 2.24) is 9.97 Å². The molecule has 2 aromatic rings. The van der Waals surface area contributed by atoms with Crippen molar-refractivity contribution in [3.8, 4) is 5.75 Å². The van der Waals surface area contributed by atoms with E-state index in [4.69, 9.17) is 9.47 Å². The number of hydrogen-bond donors (Lipinski definition) is 0. The number of thiazole rings is 1. The molecule has 2 fully saturated rings. The van der Waals surface area contributed by atoms with E-state index in [0.717, 1.165) is 29.4 Å². The number of Topliss-reactive ketones (excluding diaryl/α,β-unsaturated/α-hetero) is 1. The molecule has 0 bridgehead atoms. The first-order valence-corrected chi connectivity index (χ1v) is 9.26. The molecule has 1 aliphatic carbocycles. The molecule has 1 saturated heterocycles. The molecule has 2 aliphatic rings. The van der Waals surface area contributed by atoms with Crippen molar-refractivity contribution in [1.29, 1.82) is 0 Å². The molecule has 24 heavy (non-hydrogen) atoms. The minimum Gasteiger partial charge on any atom is -0.488 e. The quantitative estimate of drug-likeness (QED) is 0.752. The van der Waals surface area contributed by atoms with E-state index in [0.29, 0.717) is 30.4 Å². The second kappa shape index (κ2) is 6.61. The Balaban J connectivity index is 1.46. The summed E-state index contributed by atoms with van der Waals surface area (Å²) in [6, 6.07) is 3.60. The fourth-order valence-electron chi connectivity index (χ4n) is 2.85. The Bertz CT molecular complexity index is 748. The fourth-order valence-corrected chi connectivity index (χ4v) is 3.72. The summed E-state index contributed by atoms with van der Waals surface area (Å²) < 4.78 is 11.2. The molecular weight excluding hydrogens is 324 g/mol. The van der Waals surface area contributed by atoms with Crippen LogP contribution in [0.25, 0.3) is 0 Å². The zero-order chi connectivity index (χ0) is 16.5. The van der Waals surface area contributed by atoms with Gasteiger partial charge in [-0.3, -0.25) is 4.79 Å². The summed E-state index contributed by atoms with van der Waals surface area (Å²) in [7, 11) is 0. The Hall–Kier alpha value is -1.79. The Labute approximate surface area is 145 Å². The van der Waals surface area contributed by atoms with E-state index in [2.05, 4.69) is 15.3 Å². The third-order valence-corrected chi connectivity index (χ3v) is 5.15. The van der Waals surface area contributed by atoms with Crippen molar-refractivity contribution in [3.05, 3.63) is 39.6 Å². The van der Waals surface area contributed by atoms with Crippen LogP contribution in [0.3, 0.4) is 0 Å². The van der Waals surface area contributed by atoms with E-state index in [1.165, 1.54) is 12.8 Å². The fraction of sp³-hybridized carbons (Fsp3) is 0.500. The predicted molar refractivity (Wildman–Crippen MR) is 90.9 cm³/mol. The first-order valence-electron chi connectivity index (χ1n) is 8.38. The second-order valence-electron chi connectivity index (χ2n) is 6.47. The maximum absolute atomic E-state index is 12.6. The molecule has 0 N–H and O–H groups in total. The molecule has 0 radical (unpaired) electrons. The van der Waals surface area contributed by atoms with Crippen molar-refractivity contribution in [2.75, 3.05) is 13.2 Å². The lowest BCUT2D eigenvalue weighted by atomic mass is 10.2. The first-order chi connectivity index (χ1) is 11.7. The SMILES string of the molecule is Cc1cc(O[C@@H]2CCOC2)cc(C(=O)Cc2nc(C3CC3)cs2)n1. The average molecular weight is 344 g/mol.